The fraction of sp³-hybridized carbons (Fsp3) is 0.300. The average molecular weight is 357 g/mol. The summed E-state index contributed by atoms with van der Waals surface area (Å²) in [5, 5.41) is 2.62. The maximum atomic E-state index is 11.7. The van der Waals surface area contributed by atoms with Crippen molar-refractivity contribution in [2.45, 2.75) is 13.8 Å². The van der Waals surface area contributed by atoms with Crippen LogP contribution in [0.1, 0.15) is 11.1 Å². The van der Waals surface area contributed by atoms with Crippen molar-refractivity contribution >= 4 is 11.9 Å². The number of carbonyl (C=O) groups excluding carboxylic acids is 2. The first-order valence-electron chi connectivity index (χ1n) is 8.35. The van der Waals surface area contributed by atoms with E-state index in [2.05, 4.69) is 5.32 Å². The summed E-state index contributed by atoms with van der Waals surface area (Å²) in [5.41, 5.74) is 1.88. The Balaban J connectivity index is 1.60. The van der Waals surface area contributed by atoms with Gasteiger partial charge in [0.05, 0.1) is 6.54 Å². The molecule has 0 atom stereocenters. The Morgan fingerprint density at radius 1 is 0.885 bits per heavy atom. The molecule has 2 aromatic rings. The van der Waals surface area contributed by atoms with Crippen LogP contribution >= 0.6 is 0 Å². The van der Waals surface area contributed by atoms with Crippen molar-refractivity contribution in [1.29, 1.82) is 0 Å². The number of hydrogen-bond acceptors (Lipinski definition) is 5. The molecule has 0 saturated carbocycles. The van der Waals surface area contributed by atoms with Gasteiger partial charge in [-0.1, -0.05) is 36.4 Å². The maximum absolute atomic E-state index is 11.7. The molecule has 1 amide bonds. The molecular weight excluding hydrogens is 334 g/mol. The predicted octanol–water partition coefficient (Wildman–Crippen LogP) is 2.42. The summed E-state index contributed by atoms with van der Waals surface area (Å²) in [5.74, 6) is 0.411. The minimum absolute atomic E-state index is 0.240. The molecule has 26 heavy (non-hydrogen) atoms. The van der Waals surface area contributed by atoms with Crippen molar-refractivity contribution < 1.29 is 23.8 Å². The van der Waals surface area contributed by atoms with E-state index in [1.54, 1.807) is 0 Å². The van der Waals surface area contributed by atoms with Crippen molar-refractivity contribution in [2.75, 3.05) is 26.4 Å². The lowest BCUT2D eigenvalue weighted by Gasteiger charge is -2.11. The van der Waals surface area contributed by atoms with E-state index in [0.29, 0.717) is 18.9 Å². The van der Waals surface area contributed by atoms with E-state index in [0.717, 1.165) is 16.9 Å². The number of benzene rings is 2. The van der Waals surface area contributed by atoms with E-state index >= 15 is 0 Å². The van der Waals surface area contributed by atoms with Crippen LogP contribution < -0.4 is 14.8 Å². The molecule has 0 aliphatic rings. The first-order chi connectivity index (χ1) is 12.6. The van der Waals surface area contributed by atoms with Crippen LogP contribution in [0.4, 0.5) is 0 Å². The lowest BCUT2D eigenvalue weighted by atomic mass is 10.1. The maximum Gasteiger partial charge on any atom is 0.344 e. The summed E-state index contributed by atoms with van der Waals surface area (Å²) in [7, 11) is 0. The van der Waals surface area contributed by atoms with Crippen molar-refractivity contribution in [2.24, 2.45) is 0 Å². The van der Waals surface area contributed by atoms with Gasteiger partial charge in [-0.3, -0.25) is 4.79 Å². The van der Waals surface area contributed by atoms with Gasteiger partial charge in [-0.25, -0.2) is 4.79 Å². The minimum Gasteiger partial charge on any atom is -0.492 e. The number of carbonyl (C=O) groups is 2. The van der Waals surface area contributed by atoms with Crippen molar-refractivity contribution in [1.82, 2.24) is 5.32 Å². The molecule has 0 bridgehead atoms. The molecule has 0 aromatic heterocycles. The van der Waals surface area contributed by atoms with E-state index in [4.69, 9.17) is 14.2 Å². The molecule has 2 rings (SSSR count). The summed E-state index contributed by atoms with van der Waals surface area (Å²) < 4.78 is 15.8. The molecule has 0 saturated heterocycles. The summed E-state index contributed by atoms with van der Waals surface area (Å²) in [6.07, 6.45) is 0. The molecule has 6 nitrogen and oxygen atoms in total. The highest BCUT2D eigenvalue weighted by atomic mass is 16.6. The number of amides is 1. The summed E-state index contributed by atoms with van der Waals surface area (Å²) in [4.78, 5) is 23.4. The van der Waals surface area contributed by atoms with Gasteiger partial charge >= 0.3 is 5.97 Å². The third-order valence-electron chi connectivity index (χ3n) is 3.54. The highest BCUT2D eigenvalue weighted by molar-refractivity contribution is 5.80. The Hall–Kier alpha value is -3.02. The van der Waals surface area contributed by atoms with Crippen LogP contribution in [0.2, 0.25) is 0 Å². The molecule has 2 aromatic carbocycles. The van der Waals surface area contributed by atoms with Crippen LogP contribution in [-0.2, 0) is 14.3 Å². The molecule has 138 valence electrons. The van der Waals surface area contributed by atoms with Gasteiger partial charge in [-0.05, 0) is 37.1 Å². The second kappa shape index (κ2) is 10.1. The number of nitrogens with one attached hydrogen (secondary N) is 1. The first-order valence-corrected chi connectivity index (χ1v) is 8.35. The van der Waals surface area contributed by atoms with Gasteiger partial charge < -0.3 is 19.5 Å². The second-order valence-corrected chi connectivity index (χ2v) is 5.68. The lowest BCUT2D eigenvalue weighted by molar-refractivity contribution is -0.150. The van der Waals surface area contributed by atoms with E-state index in [1.165, 1.54) is 0 Å². The van der Waals surface area contributed by atoms with Crippen LogP contribution in [0.3, 0.4) is 0 Å². The van der Waals surface area contributed by atoms with Crippen LogP contribution in [-0.4, -0.2) is 38.2 Å². The van der Waals surface area contributed by atoms with Crippen LogP contribution in [0.5, 0.6) is 11.5 Å². The zero-order valence-electron chi connectivity index (χ0n) is 15.0. The number of esters is 1. The Labute approximate surface area is 153 Å². The Bertz CT molecular complexity index is 710. The SMILES string of the molecule is Cc1cccc(C)c1OCC(=O)OCC(=O)NCCOc1ccccc1. The zero-order valence-corrected chi connectivity index (χ0v) is 15.0. The Kier molecular flexibility index (Phi) is 7.49. The van der Waals surface area contributed by atoms with Gasteiger partial charge in [-0.15, -0.1) is 0 Å². The van der Waals surface area contributed by atoms with E-state index < -0.39 is 5.97 Å². The monoisotopic (exact) mass is 357 g/mol. The van der Waals surface area contributed by atoms with E-state index in [9.17, 15) is 9.59 Å². The third kappa shape index (κ3) is 6.47. The molecule has 0 fully saturated rings. The highest BCUT2D eigenvalue weighted by Crippen LogP contribution is 2.22. The molecule has 0 radical (unpaired) electrons. The van der Waals surface area contributed by atoms with Crippen molar-refractivity contribution in [3.63, 3.8) is 0 Å². The average Bonchev–Trinajstić information content (AvgIpc) is 2.64. The molecular formula is C20H23NO5. The standard InChI is InChI=1S/C20H23NO5/c1-15-7-6-8-16(2)20(15)26-14-19(23)25-13-18(22)21-11-12-24-17-9-4-3-5-10-17/h3-10H,11-14H2,1-2H3,(H,21,22). The quantitative estimate of drug-likeness (QED) is 0.551. The van der Waals surface area contributed by atoms with Crippen LogP contribution in [0.25, 0.3) is 0 Å². The highest BCUT2D eigenvalue weighted by Gasteiger charge is 2.10. The number of para-hydroxylation sites is 2. The smallest absolute Gasteiger partial charge is 0.344 e. The van der Waals surface area contributed by atoms with E-state index in [-0.39, 0.29) is 19.1 Å². The predicted molar refractivity (Wildman–Crippen MR) is 97.3 cm³/mol. The fourth-order valence-electron chi connectivity index (χ4n) is 2.27. The van der Waals surface area contributed by atoms with Gasteiger partial charge in [0.15, 0.2) is 13.2 Å². The lowest BCUT2D eigenvalue weighted by Crippen LogP contribution is -2.32. The summed E-state index contributed by atoms with van der Waals surface area (Å²) in [6, 6.07) is 15.0. The minimum atomic E-state index is -0.594. The van der Waals surface area contributed by atoms with Gasteiger partial charge in [0.25, 0.3) is 5.91 Å². The number of aryl methyl sites for hydroxylation is 2. The Morgan fingerprint density at radius 2 is 1.58 bits per heavy atom. The number of ether oxygens (including phenoxy) is 3. The largest absolute Gasteiger partial charge is 0.492 e. The van der Waals surface area contributed by atoms with Crippen molar-refractivity contribution in [3.8, 4) is 11.5 Å². The summed E-state index contributed by atoms with van der Waals surface area (Å²) in [6.45, 7) is 3.87. The second-order valence-electron chi connectivity index (χ2n) is 5.68. The van der Waals surface area contributed by atoms with Gasteiger partial charge in [-0.2, -0.15) is 0 Å². The van der Waals surface area contributed by atoms with Gasteiger partial charge in [0, 0.05) is 0 Å². The van der Waals surface area contributed by atoms with Gasteiger partial charge in [0.1, 0.15) is 18.1 Å². The normalized spacial score (nSPS) is 10.1. The van der Waals surface area contributed by atoms with Crippen molar-refractivity contribution in [3.05, 3.63) is 59.7 Å². The topological polar surface area (TPSA) is 73.9 Å². The molecule has 6 heteroatoms. The van der Waals surface area contributed by atoms with Gasteiger partial charge in [0.2, 0.25) is 0 Å². The number of hydrogen-bond donors (Lipinski definition) is 1. The third-order valence-corrected chi connectivity index (χ3v) is 3.54. The van der Waals surface area contributed by atoms with Crippen LogP contribution in [0, 0.1) is 13.8 Å². The molecule has 0 aliphatic carbocycles. The summed E-state index contributed by atoms with van der Waals surface area (Å²) >= 11 is 0. The Morgan fingerprint density at radius 3 is 2.27 bits per heavy atom. The first kappa shape index (κ1) is 19.3. The van der Waals surface area contributed by atoms with E-state index in [1.807, 2.05) is 62.4 Å². The molecule has 0 aliphatic heterocycles. The molecule has 0 heterocycles. The zero-order chi connectivity index (χ0) is 18.8. The molecule has 0 unspecified atom stereocenters. The molecule has 1 N–H and O–H groups in total. The van der Waals surface area contributed by atoms with Crippen LogP contribution in [0.15, 0.2) is 48.5 Å². The fourth-order valence-corrected chi connectivity index (χ4v) is 2.27. The number of rotatable bonds is 9. The molecule has 0 spiro atoms.